The van der Waals surface area contributed by atoms with Crippen molar-refractivity contribution in [3.05, 3.63) is 62.6 Å². The van der Waals surface area contributed by atoms with Crippen molar-refractivity contribution in [2.24, 2.45) is 5.10 Å². The number of amides is 1. The Labute approximate surface area is 177 Å². The summed E-state index contributed by atoms with van der Waals surface area (Å²) in [4.78, 5) is 24.0. The first-order chi connectivity index (χ1) is 13.8. The minimum absolute atomic E-state index is 0.00160. The fourth-order valence-electron chi connectivity index (χ4n) is 3.10. The number of hydrogen-bond donors (Lipinski definition) is 0. The fraction of sp³-hybridized carbons (Fsp3) is 0.158. The van der Waals surface area contributed by atoms with E-state index in [4.69, 9.17) is 5.10 Å². The minimum Gasteiger partial charge on any atom is -0.272 e. The zero-order valence-corrected chi connectivity index (χ0v) is 17.8. The van der Waals surface area contributed by atoms with Gasteiger partial charge in [0.1, 0.15) is 11.4 Å². The minimum atomic E-state index is -0.0302. The van der Waals surface area contributed by atoms with Gasteiger partial charge in [-0.05, 0) is 34.3 Å². The third kappa shape index (κ3) is 3.39. The van der Waals surface area contributed by atoms with E-state index in [1.165, 1.54) is 11.8 Å². The maximum atomic E-state index is 13.1. The average Bonchev–Trinajstić information content (AvgIpc) is 3.49. The summed E-state index contributed by atoms with van der Waals surface area (Å²) in [5.41, 5.74) is 1.90. The number of hydrazone groups is 1. The van der Waals surface area contributed by atoms with E-state index in [2.05, 4.69) is 22.1 Å². The molecule has 0 saturated carbocycles. The molecule has 0 radical (unpaired) electrons. The number of carbonyl (C=O) groups is 1. The lowest BCUT2D eigenvalue weighted by Crippen LogP contribution is -2.28. The lowest BCUT2D eigenvalue weighted by atomic mass is 10.1. The molecule has 0 spiro atoms. The van der Waals surface area contributed by atoms with Crippen molar-refractivity contribution in [1.29, 1.82) is 0 Å². The van der Waals surface area contributed by atoms with Crippen LogP contribution in [0.1, 0.15) is 22.2 Å². The first-order valence-corrected chi connectivity index (χ1v) is 12.2. The van der Waals surface area contributed by atoms with Gasteiger partial charge >= 0.3 is 0 Å². The highest BCUT2D eigenvalue weighted by atomic mass is 32.2. The molecule has 0 N–H and O–H groups in total. The summed E-state index contributed by atoms with van der Waals surface area (Å²) in [6.45, 7) is 0. The smallest absolute Gasteiger partial charge is 0.253 e. The molecule has 0 unspecified atom stereocenters. The Hall–Kier alpha value is -2.07. The number of thioether (sulfide) groups is 1. The second-order valence-electron chi connectivity index (χ2n) is 6.10. The highest BCUT2D eigenvalue weighted by molar-refractivity contribution is 8.00. The first-order valence-electron chi connectivity index (χ1n) is 8.57. The Morgan fingerprint density at radius 2 is 2.00 bits per heavy atom. The standard InChI is InChI=1S/C19H14N4OS4/c24-17(10-28-19-18-12(5-8-27-18)20-11-21-19)23-14(16-4-2-7-26-16)9-13(22-23)15-3-1-6-25-15/h1-8,11,14H,9-10H2/t14-/m0/s1. The molecular formula is C19H14N4OS4. The van der Waals surface area contributed by atoms with E-state index in [0.29, 0.717) is 5.75 Å². The highest BCUT2D eigenvalue weighted by Crippen LogP contribution is 2.37. The molecule has 0 fully saturated rings. The molecule has 4 aromatic rings. The van der Waals surface area contributed by atoms with Crippen LogP contribution in [0, 0.1) is 0 Å². The van der Waals surface area contributed by atoms with Crippen LogP contribution in [0.4, 0.5) is 0 Å². The molecule has 5 nitrogen and oxygen atoms in total. The van der Waals surface area contributed by atoms with Gasteiger partial charge in [0, 0.05) is 11.3 Å². The van der Waals surface area contributed by atoms with Crippen molar-refractivity contribution >= 4 is 67.6 Å². The lowest BCUT2D eigenvalue weighted by Gasteiger charge is -2.20. The molecule has 5 rings (SSSR count). The molecule has 1 amide bonds. The van der Waals surface area contributed by atoms with E-state index in [1.807, 2.05) is 34.3 Å². The van der Waals surface area contributed by atoms with Gasteiger partial charge in [-0.2, -0.15) is 5.10 Å². The van der Waals surface area contributed by atoms with Gasteiger partial charge in [0.2, 0.25) is 0 Å². The van der Waals surface area contributed by atoms with Gasteiger partial charge < -0.3 is 0 Å². The second kappa shape index (κ2) is 7.75. The van der Waals surface area contributed by atoms with Gasteiger partial charge in [0.25, 0.3) is 5.91 Å². The maximum Gasteiger partial charge on any atom is 0.253 e. The molecule has 0 bridgehead atoms. The van der Waals surface area contributed by atoms with Gasteiger partial charge in [-0.15, -0.1) is 34.0 Å². The normalized spacial score (nSPS) is 16.6. The number of carbonyl (C=O) groups excluding carboxylic acids is 1. The van der Waals surface area contributed by atoms with Crippen LogP contribution >= 0.6 is 45.8 Å². The molecule has 1 aliphatic heterocycles. The van der Waals surface area contributed by atoms with Gasteiger partial charge in [-0.1, -0.05) is 23.9 Å². The number of rotatable bonds is 5. The van der Waals surface area contributed by atoms with E-state index in [9.17, 15) is 4.79 Å². The zero-order valence-electron chi connectivity index (χ0n) is 14.5. The summed E-state index contributed by atoms with van der Waals surface area (Å²) >= 11 is 6.38. The summed E-state index contributed by atoms with van der Waals surface area (Å²) in [5.74, 6) is 0.297. The number of thiophene rings is 3. The highest BCUT2D eigenvalue weighted by Gasteiger charge is 2.34. The topological polar surface area (TPSA) is 58.5 Å². The third-order valence-corrected chi connectivity index (χ3v) is 8.29. The van der Waals surface area contributed by atoms with Crippen molar-refractivity contribution < 1.29 is 4.79 Å². The lowest BCUT2D eigenvalue weighted by molar-refractivity contribution is -0.130. The van der Waals surface area contributed by atoms with Crippen LogP contribution in [0.15, 0.2) is 62.9 Å². The summed E-state index contributed by atoms with van der Waals surface area (Å²) in [7, 11) is 0. The van der Waals surface area contributed by atoms with Crippen LogP contribution < -0.4 is 0 Å². The molecule has 5 heterocycles. The Morgan fingerprint density at radius 3 is 2.82 bits per heavy atom. The second-order valence-corrected chi connectivity index (χ2v) is 9.91. The van der Waals surface area contributed by atoms with Crippen molar-refractivity contribution in [3.63, 3.8) is 0 Å². The monoisotopic (exact) mass is 442 g/mol. The number of nitrogens with zero attached hydrogens (tertiary/aromatic N) is 4. The molecule has 28 heavy (non-hydrogen) atoms. The molecule has 1 atom stereocenters. The molecule has 140 valence electrons. The quantitative estimate of drug-likeness (QED) is 0.311. The Balaban J connectivity index is 1.38. The Morgan fingerprint density at radius 1 is 1.11 bits per heavy atom. The first kappa shape index (κ1) is 18.0. The predicted octanol–water partition coefficient (Wildman–Crippen LogP) is 5.28. The van der Waals surface area contributed by atoms with Crippen molar-refractivity contribution in [3.8, 4) is 0 Å². The SMILES string of the molecule is O=C(CSc1ncnc2ccsc12)N1N=C(c2cccs2)C[C@H]1c1cccs1. The summed E-state index contributed by atoms with van der Waals surface area (Å²) < 4.78 is 1.03. The largest absolute Gasteiger partial charge is 0.272 e. The van der Waals surface area contributed by atoms with Gasteiger partial charge in [0.05, 0.1) is 32.6 Å². The molecule has 0 saturated heterocycles. The molecule has 4 aromatic heterocycles. The number of fused-ring (bicyclic) bond motifs is 1. The summed E-state index contributed by atoms with van der Waals surface area (Å²) in [5, 5.41) is 13.3. The Kier molecular flexibility index (Phi) is 4.98. The van der Waals surface area contributed by atoms with Crippen LogP contribution in [0.25, 0.3) is 10.2 Å². The van der Waals surface area contributed by atoms with Gasteiger partial charge in [-0.25, -0.2) is 15.0 Å². The fourth-order valence-corrected chi connectivity index (χ4v) is 6.43. The van der Waals surface area contributed by atoms with E-state index in [1.54, 1.807) is 45.3 Å². The number of aromatic nitrogens is 2. The van der Waals surface area contributed by atoms with Crippen LogP contribution in [0.5, 0.6) is 0 Å². The van der Waals surface area contributed by atoms with E-state index in [-0.39, 0.29) is 11.9 Å². The van der Waals surface area contributed by atoms with Gasteiger partial charge in [0.15, 0.2) is 0 Å². The van der Waals surface area contributed by atoms with Gasteiger partial charge in [-0.3, -0.25) is 4.79 Å². The van der Waals surface area contributed by atoms with Crippen molar-refractivity contribution in [2.45, 2.75) is 17.5 Å². The molecule has 0 aliphatic carbocycles. The van der Waals surface area contributed by atoms with E-state index in [0.717, 1.165) is 37.1 Å². The number of hydrogen-bond acceptors (Lipinski definition) is 8. The summed E-state index contributed by atoms with van der Waals surface area (Å²) in [6, 6.07) is 10.1. The zero-order chi connectivity index (χ0) is 18.9. The Bertz CT molecular complexity index is 1130. The van der Waals surface area contributed by atoms with Crippen LogP contribution in [-0.4, -0.2) is 32.3 Å². The van der Waals surface area contributed by atoms with Crippen LogP contribution in [-0.2, 0) is 4.79 Å². The van der Waals surface area contributed by atoms with Crippen LogP contribution in [0.2, 0.25) is 0 Å². The van der Waals surface area contributed by atoms with Crippen molar-refractivity contribution in [1.82, 2.24) is 15.0 Å². The summed E-state index contributed by atoms with van der Waals surface area (Å²) in [6.07, 6.45) is 2.30. The third-order valence-electron chi connectivity index (χ3n) is 4.39. The molecule has 1 aliphatic rings. The molecule has 9 heteroatoms. The van der Waals surface area contributed by atoms with Crippen LogP contribution in [0.3, 0.4) is 0 Å². The molecular weight excluding hydrogens is 429 g/mol. The maximum absolute atomic E-state index is 13.1. The van der Waals surface area contributed by atoms with E-state index < -0.39 is 0 Å². The van der Waals surface area contributed by atoms with Crippen molar-refractivity contribution in [2.75, 3.05) is 5.75 Å². The molecule has 0 aromatic carbocycles. The predicted molar refractivity (Wildman–Crippen MR) is 118 cm³/mol. The average molecular weight is 443 g/mol. The van der Waals surface area contributed by atoms with E-state index >= 15 is 0 Å².